The van der Waals surface area contributed by atoms with E-state index in [4.69, 9.17) is 5.26 Å². The highest BCUT2D eigenvalue weighted by molar-refractivity contribution is 5.95. The van der Waals surface area contributed by atoms with Crippen LogP contribution in [0.15, 0.2) is 30.6 Å². The Kier molecular flexibility index (Phi) is 5.63. The number of carbonyl (C=O) groups is 1. The molecule has 0 spiro atoms. The van der Waals surface area contributed by atoms with Crippen molar-refractivity contribution in [1.82, 2.24) is 14.8 Å². The lowest BCUT2D eigenvalue weighted by Crippen LogP contribution is -2.46. The van der Waals surface area contributed by atoms with Gasteiger partial charge in [-0.15, -0.1) is 0 Å². The van der Waals surface area contributed by atoms with Crippen LogP contribution in [0.25, 0.3) is 10.8 Å². The molecular weight excluding hydrogens is 369 g/mol. The third-order valence-electron chi connectivity index (χ3n) is 6.00. The number of alkyl halides is 1. The maximum Gasteiger partial charge on any atom is 0.237 e. The number of hydrogen-bond acceptors (Lipinski definition) is 5. The van der Waals surface area contributed by atoms with E-state index in [0.29, 0.717) is 6.04 Å². The van der Waals surface area contributed by atoms with Gasteiger partial charge in [-0.1, -0.05) is 12.1 Å². The molecule has 6 nitrogen and oxygen atoms in total. The zero-order valence-electron chi connectivity index (χ0n) is 16.6. The topological polar surface area (TPSA) is 72.3 Å². The number of pyridine rings is 1. The highest BCUT2D eigenvalue weighted by atomic mass is 19.1. The number of amides is 1. The van der Waals surface area contributed by atoms with Gasteiger partial charge in [0.05, 0.1) is 19.2 Å². The van der Waals surface area contributed by atoms with Crippen LogP contribution in [0.2, 0.25) is 0 Å². The van der Waals surface area contributed by atoms with Crippen molar-refractivity contribution in [1.29, 1.82) is 5.26 Å². The molecule has 0 bridgehead atoms. The average molecular weight is 395 g/mol. The molecule has 1 aromatic heterocycles. The molecule has 2 aromatic rings. The first-order chi connectivity index (χ1) is 14.0. The van der Waals surface area contributed by atoms with E-state index in [1.54, 1.807) is 0 Å². The number of halogens is 1. The molecule has 2 fully saturated rings. The number of piperidine rings is 1. The molecule has 1 N–H and O–H groups in total. The van der Waals surface area contributed by atoms with Crippen molar-refractivity contribution in [2.75, 3.05) is 31.5 Å². The molecule has 0 unspecified atom stereocenters. The summed E-state index contributed by atoms with van der Waals surface area (Å²) in [4.78, 5) is 20.3. The molecule has 0 saturated carbocycles. The number of carbonyl (C=O) groups excluding carboxylic acids is 1. The fourth-order valence-electron chi connectivity index (χ4n) is 4.45. The standard InChI is InChI=1S/C22H26FN5O/c1-15-11-25-12-16-3-2-4-20(22(15)16)26-18-5-7-27(8-6-18)14-21(29)28-13-17(23)9-19(28)10-24/h2-4,11-12,17-19,26H,5-9,13-14H2,1H3/t17-,19-/m0/s1. The van der Waals surface area contributed by atoms with Gasteiger partial charge in [-0.05, 0) is 31.4 Å². The van der Waals surface area contributed by atoms with Gasteiger partial charge in [0, 0.05) is 54.4 Å². The third kappa shape index (κ3) is 4.18. The van der Waals surface area contributed by atoms with Gasteiger partial charge in [0.1, 0.15) is 12.2 Å². The number of nitrogens with one attached hydrogen (secondary N) is 1. The van der Waals surface area contributed by atoms with Crippen LogP contribution in [-0.4, -0.2) is 65.1 Å². The summed E-state index contributed by atoms with van der Waals surface area (Å²) < 4.78 is 13.6. The summed E-state index contributed by atoms with van der Waals surface area (Å²) in [5.41, 5.74) is 2.28. The number of rotatable bonds is 4. The van der Waals surface area contributed by atoms with Gasteiger partial charge < -0.3 is 10.2 Å². The van der Waals surface area contributed by atoms with Gasteiger partial charge >= 0.3 is 0 Å². The molecular formula is C22H26FN5O. The minimum Gasteiger partial charge on any atom is -0.382 e. The summed E-state index contributed by atoms with van der Waals surface area (Å²) >= 11 is 0. The highest BCUT2D eigenvalue weighted by Crippen LogP contribution is 2.28. The van der Waals surface area contributed by atoms with Crippen LogP contribution in [0.5, 0.6) is 0 Å². The minimum absolute atomic E-state index is 0.0460. The Labute approximate surface area is 170 Å². The van der Waals surface area contributed by atoms with E-state index in [1.807, 2.05) is 24.5 Å². The Morgan fingerprint density at radius 2 is 2.14 bits per heavy atom. The maximum atomic E-state index is 13.6. The van der Waals surface area contributed by atoms with Crippen LogP contribution in [0.3, 0.4) is 0 Å². The molecule has 2 saturated heterocycles. The van der Waals surface area contributed by atoms with Gasteiger partial charge in [0.25, 0.3) is 0 Å². The number of nitriles is 1. The van der Waals surface area contributed by atoms with Crippen LogP contribution in [0, 0.1) is 18.3 Å². The summed E-state index contributed by atoms with van der Waals surface area (Å²) in [5.74, 6) is -0.139. The van der Waals surface area contributed by atoms with E-state index in [2.05, 4.69) is 34.3 Å². The average Bonchev–Trinajstić information content (AvgIpc) is 3.11. The molecule has 0 aliphatic carbocycles. The molecule has 2 aliphatic heterocycles. The quantitative estimate of drug-likeness (QED) is 0.862. The number of nitrogens with zero attached hydrogens (tertiary/aromatic N) is 4. The zero-order chi connectivity index (χ0) is 20.4. The van der Waals surface area contributed by atoms with Crippen LogP contribution < -0.4 is 5.32 Å². The van der Waals surface area contributed by atoms with Gasteiger partial charge in [-0.2, -0.15) is 5.26 Å². The molecule has 7 heteroatoms. The predicted molar refractivity (Wildman–Crippen MR) is 110 cm³/mol. The normalized spacial score (nSPS) is 23.3. The Bertz CT molecular complexity index is 929. The second-order valence-electron chi connectivity index (χ2n) is 8.08. The fourth-order valence-corrected chi connectivity index (χ4v) is 4.45. The van der Waals surface area contributed by atoms with Gasteiger partial charge in [0.15, 0.2) is 0 Å². The fraction of sp³-hybridized carbons (Fsp3) is 0.500. The second-order valence-corrected chi connectivity index (χ2v) is 8.08. The van der Waals surface area contributed by atoms with E-state index in [0.717, 1.165) is 42.6 Å². The van der Waals surface area contributed by atoms with Crippen molar-refractivity contribution < 1.29 is 9.18 Å². The molecule has 4 rings (SSSR count). The molecule has 3 heterocycles. The number of anilines is 1. The van der Waals surface area contributed by atoms with E-state index in [1.165, 1.54) is 10.3 Å². The molecule has 1 amide bonds. The number of aryl methyl sites for hydroxylation is 1. The minimum atomic E-state index is -1.09. The van der Waals surface area contributed by atoms with Crippen molar-refractivity contribution in [3.63, 3.8) is 0 Å². The number of hydrogen-bond donors (Lipinski definition) is 1. The van der Waals surface area contributed by atoms with Crippen molar-refractivity contribution in [2.24, 2.45) is 0 Å². The van der Waals surface area contributed by atoms with E-state index in [9.17, 15) is 9.18 Å². The number of benzene rings is 1. The summed E-state index contributed by atoms with van der Waals surface area (Å²) in [7, 11) is 0. The largest absolute Gasteiger partial charge is 0.382 e. The Morgan fingerprint density at radius 3 is 2.90 bits per heavy atom. The number of fused-ring (bicyclic) bond motifs is 1. The van der Waals surface area contributed by atoms with Gasteiger partial charge in [-0.3, -0.25) is 14.7 Å². The van der Waals surface area contributed by atoms with Crippen LogP contribution in [0.4, 0.5) is 10.1 Å². The lowest BCUT2D eigenvalue weighted by molar-refractivity contribution is -0.132. The predicted octanol–water partition coefficient (Wildman–Crippen LogP) is 2.88. The summed E-state index contributed by atoms with van der Waals surface area (Å²) in [6, 6.07) is 7.98. The summed E-state index contributed by atoms with van der Waals surface area (Å²) in [6.07, 6.45) is 4.68. The molecule has 152 valence electrons. The Morgan fingerprint density at radius 1 is 1.34 bits per heavy atom. The van der Waals surface area contributed by atoms with Crippen LogP contribution in [-0.2, 0) is 4.79 Å². The SMILES string of the molecule is Cc1cncc2cccc(NC3CCN(CC(=O)N4C[C@@H](F)C[C@H]4C#N)CC3)c12. The molecule has 1 aromatic carbocycles. The van der Waals surface area contributed by atoms with Crippen molar-refractivity contribution in [3.05, 3.63) is 36.2 Å². The number of likely N-dealkylation sites (tertiary alicyclic amines) is 2. The smallest absolute Gasteiger partial charge is 0.237 e. The van der Waals surface area contributed by atoms with Crippen molar-refractivity contribution >= 4 is 22.4 Å². The zero-order valence-corrected chi connectivity index (χ0v) is 16.6. The number of aromatic nitrogens is 1. The molecule has 2 aliphatic rings. The van der Waals surface area contributed by atoms with Gasteiger partial charge in [0.2, 0.25) is 5.91 Å². The lowest BCUT2D eigenvalue weighted by Gasteiger charge is -2.33. The third-order valence-corrected chi connectivity index (χ3v) is 6.00. The van der Waals surface area contributed by atoms with E-state index < -0.39 is 12.2 Å². The first-order valence-corrected chi connectivity index (χ1v) is 10.2. The summed E-state index contributed by atoms with van der Waals surface area (Å²) in [5, 5.41) is 15.1. The van der Waals surface area contributed by atoms with Crippen LogP contribution in [0.1, 0.15) is 24.8 Å². The van der Waals surface area contributed by atoms with E-state index >= 15 is 0 Å². The van der Waals surface area contributed by atoms with Crippen molar-refractivity contribution in [3.8, 4) is 6.07 Å². The lowest BCUT2D eigenvalue weighted by atomic mass is 10.0. The molecule has 29 heavy (non-hydrogen) atoms. The van der Waals surface area contributed by atoms with Crippen LogP contribution >= 0.6 is 0 Å². The Hall–Kier alpha value is -2.72. The monoisotopic (exact) mass is 395 g/mol. The van der Waals surface area contributed by atoms with Crippen molar-refractivity contribution in [2.45, 2.75) is 44.4 Å². The summed E-state index contributed by atoms with van der Waals surface area (Å²) in [6.45, 7) is 3.99. The first kappa shape index (κ1) is 19.6. The molecule has 2 atom stereocenters. The highest BCUT2D eigenvalue weighted by Gasteiger charge is 2.36. The van der Waals surface area contributed by atoms with E-state index in [-0.39, 0.29) is 25.4 Å². The maximum absolute atomic E-state index is 13.6. The van der Waals surface area contributed by atoms with Gasteiger partial charge in [-0.25, -0.2) is 4.39 Å². The molecule has 0 radical (unpaired) electrons. The second kappa shape index (κ2) is 8.34. The first-order valence-electron chi connectivity index (χ1n) is 10.2. The Balaban J connectivity index is 1.34.